The number of benzene rings is 1. The van der Waals surface area contributed by atoms with Gasteiger partial charge in [-0.25, -0.2) is 9.37 Å². The van der Waals surface area contributed by atoms with Gasteiger partial charge in [0.1, 0.15) is 23.1 Å². The van der Waals surface area contributed by atoms with E-state index < -0.39 is 5.82 Å². The molecule has 0 aliphatic heterocycles. The van der Waals surface area contributed by atoms with E-state index in [4.69, 9.17) is 9.47 Å². The predicted octanol–water partition coefficient (Wildman–Crippen LogP) is 4.32. The van der Waals surface area contributed by atoms with Crippen LogP contribution in [0.2, 0.25) is 0 Å². The minimum absolute atomic E-state index is 0.00588. The van der Waals surface area contributed by atoms with Crippen LogP contribution in [0.15, 0.2) is 30.5 Å². The van der Waals surface area contributed by atoms with Gasteiger partial charge in [-0.15, -0.1) is 0 Å². The average molecular weight is 456 g/mol. The number of nitrogens with zero attached hydrogens (tertiary/aromatic N) is 1. The molecular weight excluding hydrogens is 425 g/mol. The molecule has 33 heavy (non-hydrogen) atoms. The maximum atomic E-state index is 14.7. The van der Waals surface area contributed by atoms with E-state index in [0.717, 1.165) is 25.5 Å². The number of rotatable bonds is 8. The van der Waals surface area contributed by atoms with Crippen LogP contribution in [0.1, 0.15) is 45.4 Å². The second-order valence-electron chi connectivity index (χ2n) is 8.92. The second-order valence-corrected chi connectivity index (χ2v) is 8.92. The highest BCUT2D eigenvalue weighted by molar-refractivity contribution is 5.92. The van der Waals surface area contributed by atoms with E-state index in [2.05, 4.69) is 15.6 Å². The number of anilines is 1. The van der Waals surface area contributed by atoms with Gasteiger partial charge in [0.05, 0.1) is 19.9 Å². The largest absolute Gasteiger partial charge is 0.496 e. The molecule has 0 spiro atoms. The minimum Gasteiger partial charge on any atom is -0.496 e. The van der Waals surface area contributed by atoms with Crippen molar-refractivity contribution in [3.05, 3.63) is 36.3 Å². The van der Waals surface area contributed by atoms with E-state index in [1.165, 1.54) is 32.9 Å². The van der Waals surface area contributed by atoms with Crippen LogP contribution in [0, 0.1) is 17.7 Å². The molecule has 2 aromatic rings. The number of hydrogen-bond acceptors (Lipinski definition) is 5. The Morgan fingerprint density at radius 1 is 1.15 bits per heavy atom. The first-order valence-corrected chi connectivity index (χ1v) is 11.5. The number of halogens is 1. The molecule has 0 bridgehead atoms. The van der Waals surface area contributed by atoms with Gasteiger partial charge in [0.2, 0.25) is 11.8 Å². The fraction of sp³-hybridized carbons (Fsp3) is 0.480. The number of methoxy groups -OCH3 is 1. The van der Waals surface area contributed by atoms with E-state index in [-0.39, 0.29) is 35.2 Å². The second kappa shape index (κ2) is 10.2. The number of hydrogen-bond donors (Lipinski definition) is 2. The van der Waals surface area contributed by atoms with Gasteiger partial charge >= 0.3 is 0 Å². The average Bonchev–Trinajstić information content (AvgIpc) is 3.63. The molecule has 0 saturated heterocycles. The lowest BCUT2D eigenvalue weighted by molar-refractivity contribution is -0.123. The summed E-state index contributed by atoms with van der Waals surface area (Å²) in [6.45, 7) is 2.15. The Labute approximate surface area is 193 Å². The Morgan fingerprint density at radius 2 is 1.97 bits per heavy atom. The first-order chi connectivity index (χ1) is 15.9. The van der Waals surface area contributed by atoms with Gasteiger partial charge < -0.3 is 20.1 Å². The maximum Gasteiger partial charge on any atom is 0.228 e. The first kappa shape index (κ1) is 23.0. The van der Waals surface area contributed by atoms with Crippen molar-refractivity contribution in [3.63, 3.8) is 0 Å². The summed E-state index contributed by atoms with van der Waals surface area (Å²) in [4.78, 5) is 28.2. The number of aromatic nitrogens is 1. The van der Waals surface area contributed by atoms with Crippen molar-refractivity contribution in [1.29, 1.82) is 0 Å². The van der Waals surface area contributed by atoms with Gasteiger partial charge in [-0.1, -0.05) is 6.42 Å². The molecule has 2 aliphatic rings. The van der Waals surface area contributed by atoms with Crippen molar-refractivity contribution in [3.8, 4) is 22.6 Å². The van der Waals surface area contributed by atoms with E-state index in [1.54, 1.807) is 18.2 Å². The van der Waals surface area contributed by atoms with Gasteiger partial charge in [-0.3, -0.25) is 9.59 Å². The third kappa shape index (κ3) is 6.00. The standard InChI is InChI=1S/C25H30FN3O4/c1-15(30)28-18-5-3-4-17(10-18)25(31)29-24-12-21(22(26)13-27-24)20-9-8-19(11-23(20)32-2)33-14-16-6-7-16/h8-9,11-13,16-18H,3-7,10,14H2,1-2H3,(H,28,30)(H,27,29,31)/t17-,18+/m0/s1. The molecule has 1 aromatic carbocycles. The van der Waals surface area contributed by atoms with Crippen LogP contribution < -0.4 is 20.1 Å². The predicted molar refractivity (Wildman–Crippen MR) is 123 cm³/mol. The van der Waals surface area contributed by atoms with Crippen LogP contribution in [-0.2, 0) is 9.59 Å². The molecule has 2 amide bonds. The number of amides is 2. The fourth-order valence-electron chi connectivity index (χ4n) is 4.27. The van der Waals surface area contributed by atoms with Crippen molar-refractivity contribution in [2.24, 2.45) is 11.8 Å². The SMILES string of the molecule is COc1cc(OCC2CC2)ccc1-c1cc(NC(=O)[C@H]2CCC[C@@H](NC(C)=O)C2)ncc1F. The monoisotopic (exact) mass is 455 g/mol. The van der Waals surface area contributed by atoms with Crippen LogP contribution in [-0.4, -0.2) is 36.6 Å². The summed E-state index contributed by atoms with van der Waals surface area (Å²) in [5, 5.41) is 5.71. The number of carbonyl (C=O) groups excluding carboxylic acids is 2. The summed E-state index contributed by atoms with van der Waals surface area (Å²) in [6.07, 6.45) is 6.53. The molecule has 2 aliphatic carbocycles. The smallest absolute Gasteiger partial charge is 0.228 e. The topological polar surface area (TPSA) is 89.5 Å². The zero-order chi connectivity index (χ0) is 23.4. The lowest BCUT2D eigenvalue weighted by Gasteiger charge is -2.28. The highest BCUT2D eigenvalue weighted by Gasteiger charge is 2.28. The molecule has 8 heteroatoms. The molecule has 2 N–H and O–H groups in total. The highest BCUT2D eigenvalue weighted by Crippen LogP contribution is 2.37. The Morgan fingerprint density at radius 3 is 2.70 bits per heavy atom. The van der Waals surface area contributed by atoms with E-state index in [9.17, 15) is 14.0 Å². The first-order valence-electron chi connectivity index (χ1n) is 11.5. The molecule has 1 aromatic heterocycles. The fourth-order valence-corrected chi connectivity index (χ4v) is 4.27. The van der Waals surface area contributed by atoms with Crippen LogP contribution in [0.5, 0.6) is 11.5 Å². The molecule has 0 unspecified atom stereocenters. The summed E-state index contributed by atoms with van der Waals surface area (Å²) >= 11 is 0. The third-order valence-corrected chi connectivity index (χ3v) is 6.20. The van der Waals surface area contributed by atoms with Crippen molar-refractivity contribution in [2.75, 3.05) is 19.0 Å². The molecule has 1 heterocycles. The number of ether oxygens (including phenoxy) is 2. The summed E-state index contributed by atoms with van der Waals surface area (Å²) in [7, 11) is 1.53. The van der Waals surface area contributed by atoms with Crippen molar-refractivity contribution >= 4 is 17.6 Å². The molecule has 4 rings (SSSR count). The van der Waals surface area contributed by atoms with Crippen molar-refractivity contribution in [2.45, 2.75) is 51.5 Å². The van der Waals surface area contributed by atoms with Gasteiger partial charge in [-0.05, 0) is 56.2 Å². The third-order valence-electron chi connectivity index (χ3n) is 6.20. The molecule has 2 atom stereocenters. The van der Waals surface area contributed by atoms with Gasteiger partial charge in [0.25, 0.3) is 0 Å². The molecule has 7 nitrogen and oxygen atoms in total. The number of pyridine rings is 1. The van der Waals surface area contributed by atoms with Crippen molar-refractivity contribution < 1.29 is 23.5 Å². The van der Waals surface area contributed by atoms with Crippen LogP contribution in [0.4, 0.5) is 10.2 Å². The van der Waals surface area contributed by atoms with E-state index in [0.29, 0.717) is 36.0 Å². The molecule has 2 fully saturated rings. The lowest BCUT2D eigenvalue weighted by Crippen LogP contribution is -2.40. The van der Waals surface area contributed by atoms with E-state index in [1.807, 2.05) is 0 Å². The minimum atomic E-state index is -0.513. The van der Waals surface area contributed by atoms with Crippen LogP contribution >= 0.6 is 0 Å². The summed E-state index contributed by atoms with van der Waals surface area (Å²) in [5.41, 5.74) is 0.834. The maximum absolute atomic E-state index is 14.7. The van der Waals surface area contributed by atoms with E-state index >= 15 is 0 Å². The Balaban J connectivity index is 1.48. The molecule has 0 radical (unpaired) electrons. The molecular formula is C25H30FN3O4. The lowest BCUT2D eigenvalue weighted by atomic mass is 9.85. The Bertz CT molecular complexity index is 1020. The highest BCUT2D eigenvalue weighted by atomic mass is 19.1. The molecule has 2 saturated carbocycles. The van der Waals surface area contributed by atoms with Crippen LogP contribution in [0.25, 0.3) is 11.1 Å². The Hall–Kier alpha value is -3.16. The van der Waals surface area contributed by atoms with Gasteiger partial charge in [-0.2, -0.15) is 0 Å². The van der Waals surface area contributed by atoms with Crippen molar-refractivity contribution in [1.82, 2.24) is 10.3 Å². The zero-order valence-corrected chi connectivity index (χ0v) is 19.0. The normalized spacial score (nSPS) is 20.1. The quantitative estimate of drug-likeness (QED) is 0.619. The Kier molecular flexibility index (Phi) is 7.11. The number of nitrogens with one attached hydrogen (secondary N) is 2. The summed E-state index contributed by atoms with van der Waals surface area (Å²) < 4.78 is 26.0. The zero-order valence-electron chi connectivity index (χ0n) is 19.0. The van der Waals surface area contributed by atoms with Gasteiger partial charge in [0.15, 0.2) is 0 Å². The van der Waals surface area contributed by atoms with Gasteiger partial charge in [0, 0.05) is 36.1 Å². The molecule has 176 valence electrons. The van der Waals surface area contributed by atoms with Crippen LogP contribution in [0.3, 0.4) is 0 Å². The number of carbonyl (C=O) groups is 2. The summed E-state index contributed by atoms with van der Waals surface area (Å²) in [6, 6.07) is 6.81. The summed E-state index contributed by atoms with van der Waals surface area (Å²) in [5.74, 6) is 1.04.